The molecule has 3 heterocycles. The lowest BCUT2D eigenvalue weighted by atomic mass is 10.2. The Balaban J connectivity index is 1.66. The Morgan fingerprint density at radius 1 is 1.15 bits per heavy atom. The second kappa shape index (κ2) is 8.22. The molecule has 0 spiro atoms. The summed E-state index contributed by atoms with van der Waals surface area (Å²) in [7, 11) is 0. The number of carbonyl (C=O) groups is 2. The van der Waals surface area contributed by atoms with Crippen molar-refractivity contribution in [2.24, 2.45) is 0 Å². The standard InChI is InChI=1S/C18H23ClN4O2S/c1-3-7-23-13(2)14(12-20-23)17(24)21-8-4-9-22(11-10-21)18(25)15-5-6-16(19)26-15/h5-6,12H,3-4,7-11H2,1-2H3. The van der Waals surface area contributed by atoms with Gasteiger partial charge >= 0.3 is 0 Å². The van der Waals surface area contributed by atoms with Gasteiger partial charge in [-0.2, -0.15) is 5.10 Å². The van der Waals surface area contributed by atoms with E-state index >= 15 is 0 Å². The smallest absolute Gasteiger partial charge is 0.264 e. The molecule has 1 saturated heterocycles. The molecular weight excluding hydrogens is 372 g/mol. The number of aryl methyl sites for hydroxylation is 1. The van der Waals surface area contributed by atoms with E-state index < -0.39 is 0 Å². The molecule has 8 heteroatoms. The highest BCUT2D eigenvalue weighted by molar-refractivity contribution is 7.17. The molecule has 1 fully saturated rings. The average Bonchev–Trinajstić information content (AvgIpc) is 3.12. The van der Waals surface area contributed by atoms with Crippen molar-refractivity contribution in [2.75, 3.05) is 26.2 Å². The predicted octanol–water partition coefficient (Wildman–Crippen LogP) is 3.30. The number of hydrogen-bond acceptors (Lipinski definition) is 4. The van der Waals surface area contributed by atoms with Gasteiger partial charge < -0.3 is 9.80 Å². The van der Waals surface area contributed by atoms with Crippen LogP contribution in [-0.2, 0) is 6.54 Å². The fourth-order valence-corrected chi connectivity index (χ4v) is 4.18. The highest BCUT2D eigenvalue weighted by Crippen LogP contribution is 2.23. The second-order valence-electron chi connectivity index (χ2n) is 6.41. The van der Waals surface area contributed by atoms with Crippen LogP contribution in [0.15, 0.2) is 18.3 Å². The zero-order chi connectivity index (χ0) is 18.7. The minimum atomic E-state index is -0.0110. The van der Waals surface area contributed by atoms with Crippen LogP contribution in [0.2, 0.25) is 4.34 Å². The van der Waals surface area contributed by atoms with Gasteiger partial charge in [-0.25, -0.2) is 0 Å². The fraction of sp³-hybridized carbons (Fsp3) is 0.500. The first-order chi connectivity index (χ1) is 12.5. The SMILES string of the molecule is CCCn1ncc(C(=O)N2CCCN(C(=O)c3ccc(Cl)s3)CC2)c1C. The quantitative estimate of drug-likeness (QED) is 0.799. The van der Waals surface area contributed by atoms with Crippen LogP contribution in [0.3, 0.4) is 0 Å². The topological polar surface area (TPSA) is 58.4 Å². The van der Waals surface area contributed by atoms with Crippen molar-refractivity contribution >= 4 is 34.8 Å². The molecule has 0 aromatic carbocycles. The van der Waals surface area contributed by atoms with E-state index in [-0.39, 0.29) is 11.8 Å². The Kier molecular flexibility index (Phi) is 5.98. The van der Waals surface area contributed by atoms with Crippen molar-refractivity contribution in [2.45, 2.75) is 33.2 Å². The molecule has 3 rings (SSSR count). The van der Waals surface area contributed by atoms with Gasteiger partial charge in [-0.3, -0.25) is 14.3 Å². The number of nitrogens with zero attached hydrogens (tertiary/aromatic N) is 4. The van der Waals surface area contributed by atoms with Crippen molar-refractivity contribution < 1.29 is 9.59 Å². The second-order valence-corrected chi connectivity index (χ2v) is 8.12. The van der Waals surface area contributed by atoms with Gasteiger partial charge in [-0.1, -0.05) is 18.5 Å². The lowest BCUT2D eigenvalue weighted by Crippen LogP contribution is -2.37. The number of rotatable bonds is 4. The maximum Gasteiger partial charge on any atom is 0.264 e. The zero-order valence-corrected chi connectivity index (χ0v) is 16.6. The molecule has 6 nitrogen and oxygen atoms in total. The largest absolute Gasteiger partial charge is 0.337 e. The van der Waals surface area contributed by atoms with Crippen LogP contribution in [0.25, 0.3) is 0 Å². The van der Waals surface area contributed by atoms with Gasteiger partial charge in [0.25, 0.3) is 11.8 Å². The Hall–Kier alpha value is -1.86. The molecule has 0 atom stereocenters. The first-order valence-electron chi connectivity index (χ1n) is 8.87. The molecule has 0 saturated carbocycles. The third-order valence-electron chi connectivity index (χ3n) is 4.62. The molecular formula is C18H23ClN4O2S. The molecule has 0 radical (unpaired) electrons. The fourth-order valence-electron chi connectivity index (χ4n) is 3.17. The highest BCUT2D eigenvalue weighted by atomic mass is 35.5. The Morgan fingerprint density at radius 2 is 1.85 bits per heavy atom. The Labute approximate surface area is 162 Å². The molecule has 140 valence electrons. The highest BCUT2D eigenvalue weighted by Gasteiger charge is 2.26. The third kappa shape index (κ3) is 3.94. The van der Waals surface area contributed by atoms with Crippen molar-refractivity contribution in [3.63, 3.8) is 0 Å². The average molecular weight is 395 g/mol. The minimum absolute atomic E-state index is 0.00156. The van der Waals surface area contributed by atoms with Crippen LogP contribution >= 0.6 is 22.9 Å². The molecule has 26 heavy (non-hydrogen) atoms. The normalized spacial score (nSPS) is 15.2. The lowest BCUT2D eigenvalue weighted by Gasteiger charge is -2.21. The van der Waals surface area contributed by atoms with Crippen LogP contribution < -0.4 is 0 Å². The van der Waals surface area contributed by atoms with Crippen molar-refractivity contribution in [1.82, 2.24) is 19.6 Å². The minimum Gasteiger partial charge on any atom is -0.337 e. The van der Waals surface area contributed by atoms with Gasteiger partial charge in [0.05, 0.1) is 21.0 Å². The summed E-state index contributed by atoms with van der Waals surface area (Å²) in [6.45, 7) is 7.18. The summed E-state index contributed by atoms with van der Waals surface area (Å²) in [5, 5.41) is 4.32. The summed E-state index contributed by atoms with van der Waals surface area (Å²) in [6.07, 6.45) is 3.40. The number of hydrogen-bond donors (Lipinski definition) is 0. The van der Waals surface area contributed by atoms with Crippen LogP contribution in [0, 0.1) is 6.92 Å². The van der Waals surface area contributed by atoms with Crippen LogP contribution in [0.4, 0.5) is 0 Å². The lowest BCUT2D eigenvalue weighted by molar-refractivity contribution is 0.0720. The first kappa shape index (κ1) is 18.9. The van der Waals surface area contributed by atoms with Gasteiger partial charge in [-0.05, 0) is 31.9 Å². The molecule has 1 aliphatic heterocycles. The molecule has 0 aliphatic carbocycles. The molecule has 2 aromatic heterocycles. The number of amides is 2. The number of carbonyl (C=O) groups excluding carboxylic acids is 2. The van der Waals surface area contributed by atoms with Crippen molar-refractivity contribution in [3.8, 4) is 0 Å². The van der Waals surface area contributed by atoms with E-state index in [9.17, 15) is 9.59 Å². The van der Waals surface area contributed by atoms with E-state index in [1.165, 1.54) is 11.3 Å². The summed E-state index contributed by atoms with van der Waals surface area (Å²) in [5.41, 5.74) is 1.56. The van der Waals surface area contributed by atoms with Gasteiger partial charge in [0, 0.05) is 38.4 Å². The number of thiophene rings is 1. The van der Waals surface area contributed by atoms with E-state index in [1.54, 1.807) is 18.3 Å². The van der Waals surface area contributed by atoms with Crippen molar-refractivity contribution in [3.05, 3.63) is 38.8 Å². The first-order valence-corrected chi connectivity index (χ1v) is 10.1. The molecule has 2 aromatic rings. The summed E-state index contributed by atoms with van der Waals surface area (Å²) in [4.78, 5) is 29.8. The Morgan fingerprint density at radius 3 is 2.46 bits per heavy atom. The molecule has 0 bridgehead atoms. The van der Waals surface area contributed by atoms with Gasteiger partial charge in [0.15, 0.2) is 0 Å². The summed E-state index contributed by atoms with van der Waals surface area (Å²) in [6, 6.07) is 3.50. The maximum absolute atomic E-state index is 12.9. The molecule has 1 aliphatic rings. The third-order valence-corrected chi connectivity index (χ3v) is 5.84. The Bertz CT molecular complexity index is 801. The monoisotopic (exact) mass is 394 g/mol. The molecule has 0 N–H and O–H groups in total. The molecule has 0 unspecified atom stereocenters. The zero-order valence-electron chi connectivity index (χ0n) is 15.1. The maximum atomic E-state index is 12.9. The summed E-state index contributed by atoms with van der Waals surface area (Å²) >= 11 is 7.23. The van der Waals surface area contributed by atoms with E-state index in [2.05, 4.69) is 12.0 Å². The van der Waals surface area contributed by atoms with Gasteiger partial charge in [0.2, 0.25) is 0 Å². The van der Waals surface area contributed by atoms with Crippen LogP contribution in [-0.4, -0.2) is 57.6 Å². The predicted molar refractivity (Wildman–Crippen MR) is 103 cm³/mol. The molecule has 2 amide bonds. The van der Waals surface area contributed by atoms with Crippen LogP contribution in [0.1, 0.15) is 45.5 Å². The van der Waals surface area contributed by atoms with Gasteiger partial charge in [0.1, 0.15) is 0 Å². The van der Waals surface area contributed by atoms with Crippen LogP contribution in [0.5, 0.6) is 0 Å². The van der Waals surface area contributed by atoms with E-state index in [1.807, 2.05) is 21.4 Å². The summed E-state index contributed by atoms with van der Waals surface area (Å²) in [5.74, 6) is -0.0125. The number of halogens is 1. The van der Waals surface area contributed by atoms with E-state index in [0.717, 1.165) is 25.1 Å². The van der Waals surface area contributed by atoms with Crippen molar-refractivity contribution in [1.29, 1.82) is 0 Å². The van der Waals surface area contributed by atoms with E-state index in [4.69, 9.17) is 11.6 Å². The van der Waals surface area contributed by atoms with Gasteiger partial charge in [-0.15, -0.1) is 11.3 Å². The summed E-state index contributed by atoms with van der Waals surface area (Å²) < 4.78 is 2.49. The van der Waals surface area contributed by atoms with E-state index in [0.29, 0.717) is 41.0 Å². The number of aromatic nitrogens is 2.